The summed E-state index contributed by atoms with van der Waals surface area (Å²) >= 11 is 1.53. The van der Waals surface area contributed by atoms with Crippen LogP contribution >= 0.6 is 11.3 Å². The Morgan fingerprint density at radius 3 is 2.71 bits per heavy atom. The van der Waals surface area contributed by atoms with Gasteiger partial charge in [-0.05, 0) is 40.2 Å². The SMILES string of the molecule is Cc1sc2c(c1C)C=N[C@@H](CC(=O)OC(C)(C)C)C(=O)N2. The molecule has 0 unspecified atom stereocenters. The van der Waals surface area contributed by atoms with E-state index in [1.54, 1.807) is 27.0 Å². The molecule has 2 heterocycles. The Hall–Kier alpha value is -1.69. The highest BCUT2D eigenvalue weighted by Gasteiger charge is 2.28. The van der Waals surface area contributed by atoms with E-state index in [2.05, 4.69) is 10.3 Å². The van der Waals surface area contributed by atoms with Gasteiger partial charge < -0.3 is 10.1 Å². The lowest BCUT2D eigenvalue weighted by Gasteiger charge is -2.20. The van der Waals surface area contributed by atoms with Gasteiger partial charge in [-0.15, -0.1) is 11.3 Å². The third-order valence-electron chi connectivity index (χ3n) is 3.13. The normalized spacial score (nSPS) is 18.0. The second kappa shape index (κ2) is 5.60. The van der Waals surface area contributed by atoms with Crippen molar-refractivity contribution < 1.29 is 14.3 Å². The van der Waals surface area contributed by atoms with Gasteiger partial charge in [-0.1, -0.05) is 0 Å². The molecular weight excluding hydrogens is 288 g/mol. The maximum absolute atomic E-state index is 12.2. The fourth-order valence-corrected chi connectivity index (χ4v) is 3.04. The van der Waals surface area contributed by atoms with Crippen molar-refractivity contribution in [3.05, 3.63) is 16.0 Å². The molecule has 0 bridgehead atoms. The van der Waals surface area contributed by atoms with E-state index in [0.717, 1.165) is 21.0 Å². The number of hydrogen-bond acceptors (Lipinski definition) is 5. The number of rotatable bonds is 2. The molecule has 5 nitrogen and oxygen atoms in total. The monoisotopic (exact) mass is 308 g/mol. The van der Waals surface area contributed by atoms with E-state index in [-0.39, 0.29) is 12.3 Å². The Kier molecular flexibility index (Phi) is 4.18. The summed E-state index contributed by atoms with van der Waals surface area (Å²) in [6, 6.07) is -0.737. The molecule has 1 amide bonds. The van der Waals surface area contributed by atoms with E-state index in [1.807, 2.05) is 13.8 Å². The molecule has 2 rings (SSSR count). The van der Waals surface area contributed by atoms with Gasteiger partial charge in [0, 0.05) is 16.7 Å². The maximum atomic E-state index is 12.2. The first-order valence-electron chi connectivity index (χ1n) is 6.83. The summed E-state index contributed by atoms with van der Waals surface area (Å²) in [6.07, 6.45) is 1.63. The van der Waals surface area contributed by atoms with Crippen LogP contribution in [0.4, 0.5) is 5.00 Å². The molecule has 1 aliphatic rings. The molecule has 0 radical (unpaired) electrons. The van der Waals surface area contributed by atoms with Crippen LogP contribution in [0.3, 0.4) is 0 Å². The largest absolute Gasteiger partial charge is 0.460 e. The van der Waals surface area contributed by atoms with Gasteiger partial charge in [0.25, 0.3) is 0 Å². The van der Waals surface area contributed by atoms with Crippen molar-refractivity contribution in [2.24, 2.45) is 4.99 Å². The van der Waals surface area contributed by atoms with Gasteiger partial charge in [-0.2, -0.15) is 0 Å². The summed E-state index contributed by atoms with van der Waals surface area (Å²) in [4.78, 5) is 29.4. The zero-order chi connectivity index (χ0) is 15.8. The lowest BCUT2D eigenvalue weighted by Crippen LogP contribution is -2.31. The number of anilines is 1. The molecule has 1 atom stereocenters. The van der Waals surface area contributed by atoms with Crippen molar-refractivity contribution in [3.63, 3.8) is 0 Å². The molecule has 0 aliphatic carbocycles. The van der Waals surface area contributed by atoms with Crippen LogP contribution < -0.4 is 5.32 Å². The average Bonchev–Trinajstić information content (AvgIpc) is 2.50. The quantitative estimate of drug-likeness (QED) is 0.854. The first-order chi connectivity index (χ1) is 9.67. The van der Waals surface area contributed by atoms with Crippen LogP contribution in [0.2, 0.25) is 0 Å². The molecule has 1 aromatic heterocycles. The van der Waals surface area contributed by atoms with Gasteiger partial charge in [0.2, 0.25) is 5.91 Å². The fraction of sp³-hybridized carbons (Fsp3) is 0.533. The second-order valence-corrected chi connectivity index (χ2v) is 7.32. The number of aryl methyl sites for hydroxylation is 1. The second-order valence-electron chi connectivity index (χ2n) is 6.10. The number of carbonyl (C=O) groups excluding carboxylic acids is 2. The molecule has 21 heavy (non-hydrogen) atoms. The maximum Gasteiger partial charge on any atom is 0.309 e. The number of aliphatic imine (C=N–C) groups is 1. The first-order valence-corrected chi connectivity index (χ1v) is 7.65. The van der Waals surface area contributed by atoms with Crippen molar-refractivity contribution in [2.45, 2.75) is 52.7 Å². The van der Waals surface area contributed by atoms with Crippen LogP contribution in [-0.4, -0.2) is 29.7 Å². The molecule has 0 spiro atoms. The smallest absolute Gasteiger partial charge is 0.309 e. The van der Waals surface area contributed by atoms with Crippen LogP contribution in [0, 0.1) is 13.8 Å². The van der Waals surface area contributed by atoms with Gasteiger partial charge in [-0.25, -0.2) is 0 Å². The summed E-state index contributed by atoms with van der Waals surface area (Å²) in [7, 11) is 0. The van der Waals surface area contributed by atoms with Gasteiger partial charge >= 0.3 is 5.97 Å². The van der Waals surface area contributed by atoms with E-state index in [9.17, 15) is 9.59 Å². The van der Waals surface area contributed by atoms with E-state index in [1.165, 1.54) is 11.3 Å². The van der Waals surface area contributed by atoms with Crippen molar-refractivity contribution in [3.8, 4) is 0 Å². The van der Waals surface area contributed by atoms with Crippen molar-refractivity contribution in [1.82, 2.24) is 0 Å². The fourth-order valence-electron chi connectivity index (χ4n) is 2.01. The standard InChI is InChI=1S/C15H20N2O3S/c1-8-9(2)21-14-10(8)7-16-11(13(19)17-14)6-12(18)20-15(3,4)5/h7,11H,6H2,1-5H3,(H,17,19)/t11-/m0/s1. The Morgan fingerprint density at radius 1 is 1.43 bits per heavy atom. The molecule has 1 aromatic rings. The molecule has 1 N–H and O–H groups in total. The minimum atomic E-state index is -0.737. The third-order valence-corrected chi connectivity index (χ3v) is 4.27. The van der Waals surface area contributed by atoms with E-state index in [0.29, 0.717) is 0 Å². The van der Waals surface area contributed by atoms with E-state index in [4.69, 9.17) is 4.74 Å². The number of nitrogens with zero attached hydrogens (tertiary/aromatic N) is 1. The Labute approximate surface area is 128 Å². The van der Waals surface area contributed by atoms with Crippen molar-refractivity contribution in [1.29, 1.82) is 0 Å². The predicted octanol–water partition coefficient (Wildman–Crippen LogP) is 2.84. The zero-order valence-corrected chi connectivity index (χ0v) is 13.8. The predicted molar refractivity (Wildman–Crippen MR) is 84.3 cm³/mol. The summed E-state index contributed by atoms with van der Waals surface area (Å²) in [5.74, 6) is -0.685. The van der Waals surface area contributed by atoms with Crippen molar-refractivity contribution in [2.75, 3.05) is 5.32 Å². The van der Waals surface area contributed by atoms with E-state index < -0.39 is 17.6 Å². The number of amides is 1. The topological polar surface area (TPSA) is 67.8 Å². The highest BCUT2D eigenvalue weighted by atomic mass is 32.1. The minimum absolute atomic E-state index is 0.0490. The number of carbonyl (C=O) groups is 2. The number of nitrogens with one attached hydrogen (secondary N) is 1. The van der Waals surface area contributed by atoms with Gasteiger partial charge in [-0.3, -0.25) is 14.6 Å². The number of fused-ring (bicyclic) bond motifs is 1. The van der Waals surface area contributed by atoms with Crippen LogP contribution in [0.5, 0.6) is 0 Å². The van der Waals surface area contributed by atoms with Gasteiger partial charge in [0.05, 0.1) is 6.42 Å². The van der Waals surface area contributed by atoms with Crippen molar-refractivity contribution >= 4 is 34.4 Å². The highest BCUT2D eigenvalue weighted by molar-refractivity contribution is 7.16. The van der Waals surface area contributed by atoms with Gasteiger partial charge in [0.1, 0.15) is 16.6 Å². The Bertz CT molecular complexity index is 611. The first kappa shape index (κ1) is 15.7. The van der Waals surface area contributed by atoms with Crippen LogP contribution in [-0.2, 0) is 14.3 Å². The number of hydrogen-bond donors (Lipinski definition) is 1. The molecule has 1 aliphatic heterocycles. The van der Waals surface area contributed by atoms with Crippen LogP contribution in [0.15, 0.2) is 4.99 Å². The summed E-state index contributed by atoms with van der Waals surface area (Å²) in [5.41, 5.74) is 1.48. The minimum Gasteiger partial charge on any atom is -0.460 e. The summed E-state index contributed by atoms with van der Waals surface area (Å²) < 4.78 is 5.24. The molecule has 114 valence electrons. The molecule has 6 heteroatoms. The molecule has 0 aromatic carbocycles. The molecule has 0 saturated carbocycles. The lowest BCUT2D eigenvalue weighted by molar-refractivity contribution is -0.155. The Balaban J connectivity index is 2.14. The summed E-state index contributed by atoms with van der Waals surface area (Å²) in [5, 5.41) is 3.65. The third kappa shape index (κ3) is 3.69. The molecule has 0 saturated heterocycles. The number of esters is 1. The zero-order valence-electron chi connectivity index (χ0n) is 12.9. The molecule has 0 fully saturated rings. The Morgan fingerprint density at radius 2 is 2.10 bits per heavy atom. The lowest BCUT2D eigenvalue weighted by atomic mass is 10.1. The van der Waals surface area contributed by atoms with Crippen LogP contribution in [0.1, 0.15) is 43.2 Å². The van der Waals surface area contributed by atoms with E-state index >= 15 is 0 Å². The van der Waals surface area contributed by atoms with Gasteiger partial charge in [0.15, 0.2) is 0 Å². The molecular formula is C15H20N2O3S. The highest BCUT2D eigenvalue weighted by Crippen LogP contribution is 2.32. The summed E-state index contributed by atoms with van der Waals surface area (Å²) in [6.45, 7) is 9.39. The number of ether oxygens (including phenoxy) is 1. The number of thiophene rings is 1. The average molecular weight is 308 g/mol. The van der Waals surface area contributed by atoms with Crippen LogP contribution in [0.25, 0.3) is 0 Å².